The highest BCUT2D eigenvalue weighted by atomic mass is 35.5. The Morgan fingerprint density at radius 1 is 1.38 bits per heavy atom. The maximum atomic E-state index is 11.6. The predicted octanol–water partition coefficient (Wildman–Crippen LogP) is 1.81. The molecule has 0 aliphatic heterocycles. The van der Waals surface area contributed by atoms with Gasteiger partial charge in [-0.15, -0.1) is 11.6 Å². The predicted molar refractivity (Wildman–Crippen MR) is 63.1 cm³/mol. The minimum atomic E-state index is -3.62. The monoisotopic (exact) mass is 271 g/mol. The zero-order valence-corrected chi connectivity index (χ0v) is 11.6. The van der Waals surface area contributed by atoms with Gasteiger partial charge in [-0.3, -0.25) is 0 Å². The summed E-state index contributed by atoms with van der Waals surface area (Å²) in [6.45, 7) is 5.01. The highest BCUT2D eigenvalue weighted by Gasteiger charge is 2.27. The number of nitrogens with zero attached hydrogens (tertiary/aromatic N) is 1. The largest absolute Gasteiger partial charge is 0.443 e. The molecule has 0 atom stereocenters. The summed E-state index contributed by atoms with van der Waals surface area (Å²) in [6.07, 6.45) is -0.570. The third-order valence-corrected chi connectivity index (χ3v) is 3.66. The minimum Gasteiger partial charge on any atom is -0.443 e. The summed E-state index contributed by atoms with van der Waals surface area (Å²) in [5.41, 5.74) is -0.715. The van der Waals surface area contributed by atoms with E-state index in [1.807, 2.05) is 0 Å². The number of carbonyl (C=O) groups excluding carboxylic acids is 1. The van der Waals surface area contributed by atoms with Gasteiger partial charge < -0.3 is 4.74 Å². The van der Waals surface area contributed by atoms with Crippen LogP contribution in [-0.2, 0) is 14.8 Å². The molecule has 0 saturated carbocycles. The normalized spacial score (nSPS) is 12.3. The summed E-state index contributed by atoms with van der Waals surface area (Å²) in [7, 11) is -2.44. The van der Waals surface area contributed by atoms with Crippen molar-refractivity contribution in [1.29, 1.82) is 0 Å². The second kappa shape index (κ2) is 5.72. The van der Waals surface area contributed by atoms with E-state index in [4.69, 9.17) is 16.3 Å². The molecule has 1 amide bonds. The van der Waals surface area contributed by atoms with E-state index < -0.39 is 21.7 Å². The van der Waals surface area contributed by atoms with Crippen LogP contribution in [0.4, 0.5) is 4.79 Å². The fourth-order valence-electron chi connectivity index (χ4n) is 0.814. The maximum Gasteiger partial charge on any atom is 0.423 e. The average Bonchev–Trinajstić information content (AvgIpc) is 2.10. The molecule has 0 aromatic carbocycles. The van der Waals surface area contributed by atoms with Gasteiger partial charge in [0.15, 0.2) is 0 Å². The minimum absolute atomic E-state index is 0.160. The van der Waals surface area contributed by atoms with Crippen LogP contribution in [-0.4, -0.2) is 43.1 Å². The molecule has 0 unspecified atom stereocenters. The molecule has 0 aromatic heterocycles. The van der Waals surface area contributed by atoms with Gasteiger partial charge in [-0.05, 0) is 27.2 Å². The Kier molecular flexibility index (Phi) is 5.55. The zero-order valence-electron chi connectivity index (χ0n) is 9.99. The van der Waals surface area contributed by atoms with Crippen LogP contribution in [0.1, 0.15) is 27.2 Å². The van der Waals surface area contributed by atoms with Gasteiger partial charge >= 0.3 is 6.09 Å². The number of hydrogen-bond acceptors (Lipinski definition) is 4. The number of sulfonamides is 1. The third kappa shape index (κ3) is 5.55. The van der Waals surface area contributed by atoms with E-state index in [1.54, 1.807) is 20.8 Å². The molecule has 0 bridgehead atoms. The standard InChI is InChI=1S/C9H18ClNO4S/c1-9(2,3)15-8(12)11(4)16(13,14)7-5-6-10/h5-7H2,1-4H3. The van der Waals surface area contributed by atoms with E-state index in [0.717, 1.165) is 0 Å². The molecule has 16 heavy (non-hydrogen) atoms. The molecule has 0 aromatic rings. The van der Waals surface area contributed by atoms with Gasteiger partial charge in [0.2, 0.25) is 10.0 Å². The molecular weight excluding hydrogens is 254 g/mol. The summed E-state index contributed by atoms with van der Waals surface area (Å²) in [4.78, 5) is 11.5. The van der Waals surface area contributed by atoms with Crippen LogP contribution in [0.3, 0.4) is 0 Å². The van der Waals surface area contributed by atoms with Gasteiger partial charge in [-0.25, -0.2) is 17.5 Å². The van der Waals surface area contributed by atoms with Crippen molar-refractivity contribution in [3.8, 4) is 0 Å². The van der Waals surface area contributed by atoms with E-state index in [0.29, 0.717) is 10.7 Å². The van der Waals surface area contributed by atoms with Crippen molar-refractivity contribution in [3.63, 3.8) is 0 Å². The van der Waals surface area contributed by atoms with Crippen molar-refractivity contribution >= 4 is 27.7 Å². The van der Waals surface area contributed by atoms with Gasteiger partial charge in [0, 0.05) is 12.9 Å². The van der Waals surface area contributed by atoms with Crippen molar-refractivity contribution < 1.29 is 17.9 Å². The topological polar surface area (TPSA) is 63.7 Å². The molecule has 0 radical (unpaired) electrons. The van der Waals surface area contributed by atoms with Crippen LogP contribution in [0.2, 0.25) is 0 Å². The molecule has 5 nitrogen and oxygen atoms in total. The average molecular weight is 272 g/mol. The van der Waals surface area contributed by atoms with Crippen molar-refractivity contribution in [3.05, 3.63) is 0 Å². The Balaban J connectivity index is 4.55. The Morgan fingerprint density at radius 2 is 1.88 bits per heavy atom. The number of halogens is 1. The van der Waals surface area contributed by atoms with Crippen LogP contribution in [0.25, 0.3) is 0 Å². The fraction of sp³-hybridized carbons (Fsp3) is 0.889. The molecule has 0 N–H and O–H groups in total. The SMILES string of the molecule is CN(C(=O)OC(C)(C)C)S(=O)(=O)CCCCl. The lowest BCUT2D eigenvalue weighted by Crippen LogP contribution is -2.39. The summed E-state index contributed by atoms with van der Waals surface area (Å²) < 4.78 is 28.7. The highest BCUT2D eigenvalue weighted by molar-refractivity contribution is 7.89. The van der Waals surface area contributed by atoms with E-state index in [1.165, 1.54) is 7.05 Å². The van der Waals surface area contributed by atoms with Gasteiger partial charge in [-0.1, -0.05) is 0 Å². The Bertz CT molecular complexity index is 334. The van der Waals surface area contributed by atoms with Gasteiger partial charge in [0.1, 0.15) is 5.60 Å². The first-order valence-electron chi connectivity index (χ1n) is 4.86. The van der Waals surface area contributed by atoms with E-state index >= 15 is 0 Å². The molecule has 0 heterocycles. The molecule has 0 spiro atoms. The highest BCUT2D eigenvalue weighted by Crippen LogP contribution is 2.11. The molecular formula is C9H18ClNO4S. The summed E-state index contributed by atoms with van der Waals surface area (Å²) in [5.74, 6) is 0.0770. The van der Waals surface area contributed by atoms with Crippen LogP contribution in [0.5, 0.6) is 0 Å². The summed E-state index contributed by atoms with van der Waals surface area (Å²) in [6, 6.07) is 0. The van der Waals surface area contributed by atoms with Crippen LogP contribution < -0.4 is 0 Å². The smallest absolute Gasteiger partial charge is 0.423 e. The zero-order chi connectivity index (χ0) is 13.0. The first-order valence-corrected chi connectivity index (χ1v) is 7.00. The van der Waals surface area contributed by atoms with Crippen LogP contribution in [0.15, 0.2) is 0 Å². The third-order valence-electron chi connectivity index (χ3n) is 1.60. The second-order valence-corrected chi connectivity index (χ2v) is 6.80. The molecule has 0 saturated heterocycles. The quantitative estimate of drug-likeness (QED) is 0.732. The van der Waals surface area contributed by atoms with Crippen LogP contribution in [0, 0.1) is 0 Å². The molecule has 0 aliphatic rings. The summed E-state index contributed by atoms with van der Waals surface area (Å²) in [5, 5.41) is 0. The lowest BCUT2D eigenvalue weighted by Gasteiger charge is -2.24. The Hall–Kier alpha value is -0.490. The van der Waals surface area contributed by atoms with E-state index in [9.17, 15) is 13.2 Å². The second-order valence-electron chi connectivity index (χ2n) is 4.31. The molecule has 0 aliphatic carbocycles. The lowest BCUT2D eigenvalue weighted by molar-refractivity contribution is 0.0420. The van der Waals surface area contributed by atoms with Crippen molar-refractivity contribution in [2.45, 2.75) is 32.8 Å². The van der Waals surface area contributed by atoms with Crippen molar-refractivity contribution in [2.24, 2.45) is 0 Å². The Morgan fingerprint density at radius 3 is 2.25 bits per heavy atom. The number of hydrogen-bond donors (Lipinski definition) is 0. The number of amides is 1. The molecule has 0 fully saturated rings. The van der Waals surface area contributed by atoms with E-state index in [-0.39, 0.29) is 11.6 Å². The van der Waals surface area contributed by atoms with Gasteiger partial charge in [-0.2, -0.15) is 0 Å². The van der Waals surface area contributed by atoms with Gasteiger partial charge in [0.05, 0.1) is 5.75 Å². The number of carbonyl (C=O) groups is 1. The number of alkyl halides is 1. The molecule has 7 heteroatoms. The fourth-order valence-corrected chi connectivity index (χ4v) is 2.15. The number of rotatable bonds is 4. The summed E-state index contributed by atoms with van der Waals surface area (Å²) >= 11 is 5.40. The molecule has 96 valence electrons. The van der Waals surface area contributed by atoms with Crippen molar-refractivity contribution in [1.82, 2.24) is 4.31 Å². The van der Waals surface area contributed by atoms with E-state index in [2.05, 4.69) is 0 Å². The molecule has 0 rings (SSSR count). The van der Waals surface area contributed by atoms with Gasteiger partial charge in [0.25, 0.3) is 0 Å². The Labute approximate surface area is 102 Å². The number of ether oxygens (including phenoxy) is 1. The lowest BCUT2D eigenvalue weighted by atomic mass is 10.2. The van der Waals surface area contributed by atoms with Crippen LogP contribution >= 0.6 is 11.6 Å². The first-order chi connectivity index (χ1) is 7.10. The van der Waals surface area contributed by atoms with Crippen molar-refractivity contribution in [2.75, 3.05) is 18.7 Å². The maximum absolute atomic E-state index is 11.6. The first kappa shape index (κ1) is 15.5.